The molecule has 0 spiro atoms. The van der Waals surface area contributed by atoms with Gasteiger partial charge in [-0.3, -0.25) is 0 Å². The Bertz CT molecular complexity index is 380. The quantitative estimate of drug-likeness (QED) is 0.316. The van der Waals surface area contributed by atoms with Gasteiger partial charge in [-0.1, -0.05) is 30.0 Å². The summed E-state index contributed by atoms with van der Waals surface area (Å²) < 4.78 is 0.779. The second-order valence-electron chi connectivity index (χ2n) is 2.55. The van der Waals surface area contributed by atoms with Crippen molar-refractivity contribution >= 4 is 27.9 Å². The first kappa shape index (κ1) is 11.2. The molecule has 4 heteroatoms. The predicted molar refractivity (Wildman–Crippen MR) is 63.6 cm³/mol. The molecule has 0 N–H and O–H groups in total. The molecule has 72 valence electrons. The largest absolute Gasteiger partial charge is 0.207 e. The van der Waals surface area contributed by atoms with Crippen molar-refractivity contribution in [3.8, 4) is 6.19 Å². The molecule has 0 fully saturated rings. The minimum atomic E-state index is 0.779. The van der Waals surface area contributed by atoms with Gasteiger partial charge >= 0.3 is 0 Å². The highest BCUT2D eigenvalue weighted by atomic mass is 32.2. The van der Waals surface area contributed by atoms with Crippen LogP contribution in [0.5, 0.6) is 0 Å². The Morgan fingerprint density at radius 1 is 1.43 bits per heavy atom. The molecule has 0 unspecified atom stereocenters. The molecule has 0 heterocycles. The molecule has 0 bridgehead atoms. The number of benzene rings is 1. The van der Waals surface area contributed by atoms with Crippen molar-refractivity contribution in [1.82, 2.24) is 0 Å². The van der Waals surface area contributed by atoms with Crippen molar-refractivity contribution in [2.24, 2.45) is 4.99 Å². The summed E-state index contributed by atoms with van der Waals surface area (Å²) >= 11 is 3.02. The summed E-state index contributed by atoms with van der Waals surface area (Å²) in [6, 6.07) is 8.06. The molecule has 1 aromatic rings. The number of hydrogen-bond donors (Lipinski definition) is 0. The summed E-state index contributed by atoms with van der Waals surface area (Å²) in [5.74, 6) is 0. The van der Waals surface area contributed by atoms with Crippen LogP contribution in [0.1, 0.15) is 5.56 Å². The van der Waals surface area contributed by atoms with Gasteiger partial charge in [-0.15, -0.1) is 11.8 Å². The third-order valence-electron chi connectivity index (χ3n) is 1.61. The standard InChI is InChI=1S/C10H10N2S2/c1-8-5-3-4-6-9(8)14-10(13-2)12-7-11/h3-6H,1-2H3. The fourth-order valence-electron chi connectivity index (χ4n) is 0.916. The molecule has 0 aliphatic rings. The van der Waals surface area contributed by atoms with Crippen LogP contribution >= 0.6 is 23.5 Å². The summed E-state index contributed by atoms with van der Waals surface area (Å²) in [6.07, 6.45) is 3.72. The lowest BCUT2D eigenvalue weighted by Crippen LogP contribution is -1.85. The maximum Gasteiger partial charge on any atom is 0.207 e. The minimum Gasteiger partial charge on any atom is -0.170 e. The molecule has 0 aliphatic heterocycles. The number of nitrogens with zero attached hydrogens (tertiary/aromatic N) is 2. The Labute approximate surface area is 92.4 Å². The second-order valence-corrected chi connectivity index (χ2v) is 4.63. The highest BCUT2D eigenvalue weighted by Gasteiger charge is 2.03. The van der Waals surface area contributed by atoms with E-state index in [-0.39, 0.29) is 0 Å². The SMILES string of the molecule is CSC(=NC#N)Sc1ccccc1C. The number of nitriles is 1. The van der Waals surface area contributed by atoms with Gasteiger partial charge in [0.15, 0.2) is 0 Å². The van der Waals surface area contributed by atoms with Gasteiger partial charge < -0.3 is 0 Å². The van der Waals surface area contributed by atoms with E-state index < -0.39 is 0 Å². The fourth-order valence-corrected chi connectivity index (χ4v) is 2.30. The average molecular weight is 222 g/mol. The van der Waals surface area contributed by atoms with Crippen LogP contribution in [0.3, 0.4) is 0 Å². The molecule has 2 nitrogen and oxygen atoms in total. The summed E-state index contributed by atoms with van der Waals surface area (Å²) in [7, 11) is 0. The Morgan fingerprint density at radius 2 is 2.14 bits per heavy atom. The highest BCUT2D eigenvalue weighted by Crippen LogP contribution is 2.27. The average Bonchev–Trinajstić information content (AvgIpc) is 2.20. The van der Waals surface area contributed by atoms with Crippen molar-refractivity contribution < 1.29 is 0 Å². The Balaban J connectivity index is 2.84. The van der Waals surface area contributed by atoms with Crippen LogP contribution in [0.15, 0.2) is 34.2 Å². The van der Waals surface area contributed by atoms with Gasteiger partial charge in [0.2, 0.25) is 6.19 Å². The molecule has 0 saturated heterocycles. The van der Waals surface area contributed by atoms with Crippen LogP contribution in [-0.4, -0.2) is 10.6 Å². The molecule has 1 aromatic carbocycles. The number of thioether (sulfide) groups is 2. The molecular formula is C10H10N2S2. The smallest absolute Gasteiger partial charge is 0.170 e. The van der Waals surface area contributed by atoms with Crippen molar-refractivity contribution in [3.63, 3.8) is 0 Å². The van der Waals surface area contributed by atoms with E-state index in [1.54, 1.807) is 6.19 Å². The van der Waals surface area contributed by atoms with Gasteiger partial charge in [-0.25, -0.2) is 0 Å². The molecular weight excluding hydrogens is 212 g/mol. The predicted octanol–water partition coefficient (Wildman–Crippen LogP) is 3.29. The summed E-state index contributed by atoms with van der Waals surface area (Å²) in [5.41, 5.74) is 1.21. The molecule has 0 radical (unpaired) electrons. The van der Waals surface area contributed by atoms with E-state index in [0.29, 0.717) is 0 Å². The molecule has 0 atom stereocenters. The summed E-state index contributed by atoms with van der Waals surface area (Å²) in [6.45, 7) is 2.05. The number of hydrogen-bond acceptors (Lipinski definition) is 4. The van der Waals surface area contributed by atoms with Gasteiger partial charge in [0.1, 0.15) is 4.38 Å². The zero-order valence-corrected chi connectivity index (χ0v) is 9.65. The number of aryl methyl sites for hydroxylation is 1. The third kappa shape index (κ3) is 3.09. The van der Waals surface area contributed by atoms with Crippen LogP contribution < -0.4 is 0 Å². The van der Waals surface area contributed by atoms with Gasteiger partial charge in [-0.2, -0.15) is 10.3 Å². The lowest BCUT2D eigenvalue weighted by Gasteiger charge is -2.03. The zero-order valence-electron chi connectivity index (χ0n) is 8.02. The van der Waals surface area contributed by atoms with E-state index in [2.05, 4.69) is 4.99 Å². The molecule has 0 saturated carbocycles. The van der Waals surface area contributed by atoms with Crippen LogP contribution in [-0.2, 0) is 0 Å². The van der Waals surface area contributed by atoms with Crippen LogP contribution in [0, 0.1) is 18.4 Å². The normalized spacial score (nSPS) is 11.1. The zero-order chi connectivity index (χ0) is 10.4. The van der Waals surface area contributed by atoms with Gasteiger partial charge in [0, 0.05) is 4.90 Å². The van der Waals surface area contributed by atoms with Gasteiger partial charge in [-0.05, 0) is 24.8 Å². The van der Waals surface area contributed by atoms with E-state index in [1.807, 2.05) is 37.4 Å². The van der Waals surface area contributed by atoms with Crippen molar-refractivity contribution in [2.45, 2.75) is 11.8 Å². The van der Waals surface area contributed by atoms with E-state index in [0.717, 1.165) is 9.27 Å². The fraction of sp³-hybridized carbons (Fsp3) is 0.200. The van der Waals surface area contributed by atoms with Gasteiger partial charge in [0.05, 0.1) is 0 Å². The van der Waals surface area contributed by atoms with E-state index in [4.69, 9.17) is 5.26 Å². The molecule has 1 rings (SSSR count). The van der Waals surface area contributed by atoms with E-state index >= 15 is 0 Å². The summed E-state index contributed by atoms with van der Waals surface area (Å²) in [5, 5.41) is 8.45. The van der Waals surface area contributed by atoms with Crippen molar-refractivity contribution in [1.29, 1.82) is 5.26 Å². The lowest BCUT2D eigenvalue weighted by molar-refractivity contribution is 1.31. The number of rotatable bonds is 1. The number of aliphatic imine (C=N–C) groups is 1. The molecule has 0 aromatic heterocycles. The molecule has 0 amide bonds. The second kappa shape index (κ2) is 5.74. The molecule has 14 heavy (non-hydrogen) atoms. The van der Waals surface area contributed by atoms with E-state index in [1.165, 1.54) is 29.1 Å². The van der Waals surface area contributed by atoms with Crippen molar-refractivity contribution in [2.75, 3.05) is 6.26 Å². The Hall–Kier alpha value is -0.920. The Morgan fingerprint density at radius 3 is 2.71 bits per heavy atom. The topological polar surface area (TPSA) is 36.1 Å². The van der Waals surface area contributed by atoms with Crippen molar-refractivity contribution in [3.05, 3.63) is 29.8 Å². The summed E-state index contributed by atoms with van der Waals surface area (Å²) in [4.78, 5) is 4.88. The highest BCUT2D eigenvalue weighted by molar-refractivity contribution is 8.38. The maximum atomic E-state index is 8.45. The van der Waals surface area contributed by atoms with Gasteiger partial charge in [0.25, 0.3) is 0 Å². The molecule has 0 aliphatic carbocycles. The first-order valence-electron chi connectivity index (χ1n) is 4.02. The Kier molecular flexibility index (Phi) is 4.57. The maximum absolute atomic E-state index is 8.45. The first-order chi connectivity index (χ1) is 6.77. The van der Waals surface area contributed by atoms with Crippen LogP contribution in [0.4, 0.5) is 0 Å². The lowest BCUT2D eigenvalue weighted by atomic mass is 10.2. The minimum absolute atomic E-state index is 0.779. The van der Waals surface area contributed by atoms with Crippen LogP contribution in [0.25, 0.3) is 0 Å². The van der Waals surface area contributed by atoms with E-state index in [9.17, 15) is 0 Å². The third-order valence-corrected chi connectivity index (χ3v) is 3.74. The monoisotopic (exact) mass is 222 g/mol. The first-order valence-corrected chi connectivity index (χ1v) is 6.06. The van der Waals surface area contributed by atoms with Crippen LogP contribution in [0.2, 0.25) is 0 Å².